The molecule has 0 aliphatic rings. The van der Waals surface area contributed by atoms with Crippen LogP contribution in [0.3, 0.4) is 0 Å². The quantitative estimate of drug-likeness (QED) is 0.661. The molecular formula is C10H10ClN5O2. The van der Waals surface area contributed by atoms with Gasteiger partial charge >= 0.3 is 0 Å². The van der Waals surface area contributed by atoms with Crippen molar-refractivity contribution in [3.05, 3.63) is 45.7 Å². The van der Waals surface area contributed by atoms with Gasteiger partial charge in [0.15, 0.2) is 0 Å². The summed E-state index contributed by atoms with van der Waals surface area (Å²) in [6.45, 7) is 1.01. The third-order valence-corrected chi connectivity index (χ3v) is 2.62. The third kappa shape index (κ3) is 2.75. The molecule has 1 heterocycles. The van der Waals surface area contributed by atoms with Crippen molar-refractivity contribution in [3.8, 4) is 0 Å². The first kappa shape index (κ1) is 12.3. The van der Waals surface area contributed by atoms with E-state index < -0.39 is 4.92 Å². The van der Waals surface area contributed by atoms with E-state index in [0.29, 0.717) is 23.8 Å². The highest BCUT2D eigenvalue weighted by Gasteiger charge is 2.15. The van der Waals surface area contributed by atoms with Crippen LogP contribution >= 0.6 is 11.6 Å². The predicted molar refractivity (Wildman–Crippen MR) is 66.6 cm³/mol. The minimum absolute atomic E-state index is 0.0407. The molecule has 0 atom stereocenters. The normalized spacial score (nSPS) is 10.3. The molecular weight excluding hydrogens is 258 g/mol. The molecule has 8 heteroatoms. The van der Waals surface area contributed by atoms with Crippen molar-refractivity contribution in [1.82, 2.24) is 15.0 Å². The minimum Gasteiger partial charge on any atom is -0.376 e. The predicted octanol–water partition coefficient (Wildman–Crippen LogP) is 1.95. The minimum atomic E-state index is -0.469. The van der Waals surface area contributed by atoms with Crippen molar-refractivity contribution in [1.29, 1.82) is 0 Å². The number of nitrogens with one attached hydrogen (secondary N) is 1. The van der Waals surface area contributed by atoms with E-state index >= 15 is 0 Å². The summed E-state index contributed by atoms with van der Waals surface area (Å²) in [5, 5.41) is 21.6. The summed E-state index contributed by atoms with van der Waals surface area (Å²) in [6, 6.07) is 4.55. The summed E-state index contributed by atoms with van der Waals surface area (Å²) in [5.74, 6) is 0. The Hall–Kier alpha value is -2.15. The highest BCUT2D eigenvalue weighted by molar-refractivity contribution is 6.33. The van der Waals surface area contributed by atoms with Gasteiger partial charge in [0.25, 0.3) is 5.69 Å². The number of anilines is 1. The number of aromatic nitrogens is 3. The third-order valence-electron chi connectivity index (χ3n) is 2.30. The number of nitro groups is 1. The van der Waals surface area contributed by atoms with Gasteiger partial charge in [-0.05, 0) is 6.07 Å². The average Bonchev–Trinajstić information content (AvgIpc) is 2.84. The number of nitrogens with zero attached hydrogens (tertiary/aromatic N) is 4. The molecule has 1 N–H and O–H groups in total. The number of para-hydroxylation sites is 1. The number of hydrogen-bond acceptors (Lipinski definition) is 5. The molecule has 2 rings (SSSR count). The van der Waals surface area contributed by atoms with E-state index in [9.17, 15) is 10.1 Å². The Balaban J connectivity index is 2.06. The number of halogens is 1. The molecule has 0 spiro atoms. The largest absolute Gasteiger partial charge is 0.376 e. The lowest BCUT2D eigenvalue weighted by Crippen LogP contribution is -2.12. The molecule has 0 saturated heterocycles. The fraction of sp³-hybridized carbons (Fsp3) is 0.200. The van der Waals surface area contributed by atoms with Gasteiger partial charge in [0, 0.05) is 18.8 Å². The maximum absolute atomic E-state index is 10.8. The molecule has 0 fully saturated rings. The molecule has 0 saturated carbocycles. The molecule has 0 radical (unpaired) electrons. The maximum Gasteiger partial charge on any atom is 0.293 e. The van der Waals surface area contributed by atoms with Crippen LogP contribution in [0.25, 0.3) is 0 Å². The Morgan fingerprint density at radius 1 is 1.50 bits per heavy atom. The van der Waals surface area contributed by atoms with Gasteiger partial charge in [-0.1, -0.05) is 22.9 Å². The van der Waals surface area contributed by atoms with Crippen molar-refractivity contribution in [2.45, 2.75) is 6.54 Å². The molecule has 0 aliphatic carbocycles. The van der Waals surface area contributed by atoms with Crippen molar-refractivity contribution < 1.29 is 4.92 Å². The van der Waals surface area contributed by atoms with Gasteiger partial charge in [-0.2, -0.15) is 0 Å². The van der Waals surface area contributed by atoms with E-state index in [1.807, 2.05) is 0 Å². The molecule has 18 heavy (non-hydrogen) atoms. The van der Waals surface area contributed by atoms with Crippen LogP contribution in [0.5, 0.6) is 0 Å². The van der Waals surface area contributed by atoms with Crippen LogP contribution < -0.4 is 5.32 Å². The van der Waals surface area contributed by atoms with Crippen molar-refractivity contribution >= 4 is 23.0 Å². The molecule has 0 bridgehead atoms. The van der Waals surface area contributed by atoms with E-state index in [4.69, 9.17) is 11.6 Å². The SMILES string of the molecule is O=[N+]([O-])c1cccc(Cl)c1NCCn1ccnn1. The fourth-order valence-corrected chi connectivity index (χ4v) is 1.72. The summed E-state index contributed by atoms with van der Waals surface area (Å²) in [4.78, 5) is 10.4. The van der Waals surface area contributed by atoms with E-state index in [2.05, 4.69) is 15.6 Å². The molecule has 0 amide bonds. The van der Waals surface area contributed by atoms with E-state index in [-0.39, 0.29) is 5.69 Å². The molecule has 0 unspecified atom stereocenters. The second-order valence-corrected chi connectivity index (χ2v) is 3.89. The van der Waals surface area contributed by atoms with Crippen LogP contribution in [0.2, 0.25) is 5.02 Å². The van der Waals surface area contributed by atoms with Crippen LogP contribution in [-0.2, 0) is 6.54 Å². The van der Waals surface area contributed by atoms with Crippen LogP contribution in [0.15, 0.2) is 30.6 Å². The lowest BCUT2D eigenvalue weighted by Gasteiger charge is -2.08. The average molecular weight is 268 g/mol. The first-order chi connectivity index (χ1) is 8.68. The van der Waals surface area contributed by atoms with Crippen LogP contribution in [-0.4, -0.2) is 26.5 Å². The van der Waals surface area contributed by atoms with Crippen LogP contribution in [0.1, 0.15) is 0 Å². The smallest absolute Gasteiger partial charge is 0.293 e. The van der Waals surface area contributed by atoms with Gasteiger partial charge in [-0.3, -0.25) is 14.8 Å². The van der Waals surface area contributed by atoms with Gasteiger partial charge in [0.1, 0.15) is 5.69 Å². The second-order valence-electron chi connectivity index (χ2n) is 3.48. The highest BCUT2D eigenvalue weighted by atomic mass is 35.5. The first-order valence-corrected chi connectivity index (χ1v) is 5.57. The van der Waals surface area contributed by atoms with Gasteiger partial charge in [-0.15, -0.1) is 5.10 Å². The lowest BCUT2D eigenvalue weighted by atomic mass is 10.2. The first-order valence-electron chi connectivity index (χ1n) is 5.19. The molecule has 1 aromatic heterocycles. The number of hydrogen-bond donors (Lipinski definition) is 1. The van der Waals surface area contributed by atoms with Gasteiger partial charge in [0.05, 0.1) is 22.7 Å². The maximum atomic E-state index is 10.8. The van der Waals surface area contributed by atoms with E-state index in [0.717, 1.165) is 0 Å². The van der Waals surface area contributed by atoms with Crippen LogP contribution in [0, 0.1) is 10.1 Å². The van der Waals surface area contributed by atoms with Crippen molar-refractivity contribution in [3.63, 3.8) is 0 Å². The fourth-order valence-electron chi connectivity index (χ4n) is 1.49. The van der Waals surface area contributed by atoms with Crippen LogP contribution in [0.4, 0.5) is 11.4 Å². The molecule has 0 aliphatic heterocycles. The number of rotatable bonds is 5. The molecule has 7 nitrogen and oxygen atoms in total. The summed E-state index contributed by atoms with van der Waals surface area (Å²) in [6.07, 6.45) is 3.28. The van der Waals surface area contributed by atoms with Gasteiger partial charge < -0.3 is 5.32 Å². The standard InChI is InChI=1S/C10H10ClN5O2/c11-8-2-1-3-9(16(17)18)10(8)12-4-6-15-7-5-13-14-15/h1-3,5,7,12H,4,6H2. The Morgan fingerprint density at radius 2 is 2.33 bits per heavy atom. The summed E-state index contributed by atoms with van der Waals surface area (Å²) in [5.41, 5.74) is 0.283. The molecule has 2 aromatic rings. The van der Waals surface area contributed by atoms with E-state index in [1.165, 1.54) is 6.07 Å². The molecule has 94 valence electrons. The number of benzene rings is 1. The van der Waals surface area contributed by atoms with E-state index in [1.54, 1.807) is 29.2 Å². The highest BCUT2D eigenvalue weighted by Crippen LogP contribution is 2.31. The zero-order valence-corrected chi connectivity index (χ0v) is 10.0. The van der Waals surface area contributed by atoms with Crippen molar-refractivity contribution in [2.75, 3.05) is 11.9 Å². The second kappa shape index (κ2) is 5.46. The summed E-state index contributed by atoms with van der Waals surface area (Å²) in [7, 11) is 0. The Bertz CT molecular complexity index is 543. The zero-order valence-electron chi connectivity index (χ0n) is 9.28. The number of nitro benzene ring substituents is 1. The Kier molecular flexibility index (Phi) is 3.73. The van der Waals surface area contributed by atoms with Crippen molar-refractivity contribution in [2.24, 2.45) is 0 Å². The lowest BCUT2D eigenvalue weighted by molar-refractivity contribution is -0.383. The topological polar surface area (TPSA) is 85.9 Å². The Labute approximate surface area is 108 Å². The Morgan fingerprint density at radius 3 is 3.00 bits per heavy atom. The summed E-state index contributed by atoms with van der Waals surface area (Å²) < 4.78 is 1.62. The van der Waals surface area contributed by atoms with Gasteiger partial charge in [0.2, 0.25) is 0 Å². The molecule has 1 aromatic carbocycles. The monoisotopic (exact) mass is 267 g/mol. The zero-order chi connectivity index (χ0) is 13.0. The van der Waals surface area contributed by atoms with Gasteiger partial charge in [-0.25, -0.2) is 0 Å². The summed E-state index contributed by atoms with van der Waals surface area (Å²) >= 11 is 5.93.